The number of nitrogens with two attached hydrogens (primary N) is 1. The van der Waals surface area contributed by atoms with Crippen LogP contribution in [0.3, 0.4) is 0 Å². The molecule has 180 valence electrons. The molecule has 3 aromatic heterocycles. The summed E-state index contributed by atoms with van der Waals surface area (Å²) in [6, 6.07) is 3.72. The minimum absolute atomic E-state index is 0.0131. The smallest absolute Gasteiger partial charge is 0.333 e. The van der Waals surface area contributed by atoms with Gasteiger partial charge in [0.25, 0.3) is 0 Å². The Morgan fingerprint density at radius 1 is 1.26 bits per heavy atom. The Hall–Kier alpha value is -2.51. The third kappa shape index (κ3) is 6.33. The summed E-state index contributed by atoms with van der Waals surface area (Å²) in [5.41, 5.74) is 2.51. The number of aliphatic hydroxyl groups is 1. The molecule has 0 amide bonds. The van der Waals surface area contributed by atoms with E-state index in [1.165, 1.54) is 12.5 Å². The fourth-order valence-electron chi connectivity index (χ4n) is 4.31. The molecular weight excluding hydrogens is 526 g/mol. The van der Waals surface area contributed by atoms with Gasteiger partial charge >= 0.3 is 10.3 Å². The highest BCUT2D eigenvalue weighted by Gasteiger charge is 2.34. The van der Waals surface area contributed by atoms with Crippen LogP contribution in [-0.4, -0.2) is 51.5 Å². The van der Waals surface area contributed by atoms with Gasteiger partial charge in [0.1, 0.15) is 6.33 Å². The fraction of sp³-hybridized carbons (Fsp3) is 0.364. The van der Waals surface area contributed by atoms with Crippen molar-refractivity contribution in [3.63, 3.8) is 0 Å². The molecule has 3 atom stereocenters. The van der Waals surface area contributed by atoms with Gasteiger partial charge in [-0.1, -0.05) is 0 Å². The Labute approximate surface area is 205 Å². The van der Waals surface area contributed by atoms with Gasteiger partial charge in [0.15, 0.2) is 5.78 Å². The average molecular weight is 550 g/mol. The molecule has 0 spiro atoms. The second-order valence-corrected chi connectivity index (χ2v) is 10.6. The zero-order valence-corrected chi connectivity index (χ0v) is 20.5. The molecule has 0 saturated heterocycles. The Bertz CT molecular complexity index is 1280. The maximum absolute atomic E-state index is 13.2. The second-order valence-electron chi connectivity index (χ2n) is 8.44. The van der Waals surface area contributed by atoms with E-state index in [2.05, 4.69) is 35.1 Å². The number of hydrogen-bond donors (Lipinski definition) is 2. The van der Waals surface area contributed by atoms with Crippen molar-refractivity contribution in [3.05, 3.63) is 76.3 Å². The minimum Gasteiger partial charge on any atom is -0.393 e. The molecule has 0 aromatic carbocycles. The van der Waals surface area contributed by atoms with E-state index in [0.29, 0.717) is 42.6 Å². The molecule has 0 bridgehead atoms. The van der Waals surface area contributed by atoms with Gasteiger partial charge in [0.2, 0.25) is 0 Å². The third-order valence-corrected chi connectivity index (χ3v) is 6.76. The molecule has 1 saturated carbocycles. The molecule has 1 aliphatic carbocycles. The van der Waals surface area contributed by atoms with Crippen LogP contribution < -0.4 is 5.14 Å². The van der Waals surface area contributed by atoms with Crippen molar-refractivity contribution in [2.24, 2.45) is 17.0 Å². The van der Waals surface area contributed by atoms with E-state index in [4.69, 9.17) is 5.14 Å². The number of hydrogen-bond acceptors (Lipinski definition) is 8. The van der Waals surface area contributed by atoms with E-state index in [1.54, 1.807) is 24.7 Å². The zero-order valence-electron chi connectivity index (χ0n) is 18.1. The van der Waals surface area contributed by atoms with Crippen LogP contribution in [0, 0.1) is 11.8 Å². The first kappa shape index (κ1) is 24.6. The lowest BCUT2D eigenvalue weighted by molar-refractivity contribution is 0.100. The lowest BCUT2D eigenvalue weighted by Crippen LogP contribution is -2.24. The quantitative estimate of drug-likeness (QED) is 0.384. The number of ketones is 1. The number of pyridine rings is 1. The lowest BCUT2D eigenvalue weighted by Gasteiger charge is -2.13. The fourth-order valence-corrected chi connectivity index (χ4v) is 5.08. The van der Waals surface area contributed by atoms with Crippen molar-refractivity contribution in [1.82, 2.24) is 19.5 Å². The van der Waals surface area contributed by atoms with Crippen LogP contribution in [0.5, 0.6) is 0 Å². The van der Waals surface area contributed by atoms with Crippen LogP contribution >= 0.6 is 15.9 Å². The van der Waals surface area contributed by atoms with E-state index in [-0.39, 0.29) is 24.2 Å². The third-order valence-electron chi connectivity index (χ3n) is 5.86. The maximum atomic E-state index is 13.2. The van der Waals surface area contributed by atoms with Gasteiger partial charge in [-0.15, -0.1) is 0 Å². The standard InChI is InChI=1S/C22H24BrN5O5S/c23-18-4-15(7-25-8-18)10-28-2-1-16(11-28)22(30)19-9-26-13-27-20(19)5-14-3-17(21(29)6-14)12-33-34(24,31)32/h1-2,4,7-9,11,13-14,17,21,29H,3,5-6,10,12H2,(H2,24,31,32)/t14-,17+,21-/m0/s1. The lowest BCUT2D eigenvalue weighted by atomic mass is 9.95. The molecule has 0 radical (unpaired) electrons. The van der Waals surface area contributed by atoms with Crippen LogP contribution in [0.4, 0.5) is 0 Å². The Morgan fingerprint density at radius 3 is 2.85 bits per heavy atom. The topological polar surface area (TPSA) is 150 Å². The van der Waals surface area contributed by atoms with Gasteiger partial charge in [-0.25, -0.2) is 15.1 Å². The van der Waals surface area contributed by atoms with Gasteiger partial charge in [0.05, 0.1) is 24.0 Å². The van der Waals surface area contributed by atoms with Crippen molar-refractivity contribution >= 4 is 32.0 Å². The first-order valence-electron chi connectivity index (χ1n) is 10.6. The van der Waals surface area contributed by atoms with Gasteiger partial charge in [0, 0.05) is 53.5 Å². The second kappa shape index (κ2) is 10.4. The number of aromatic nitrogens is 4. The molecule has 4 rings (SSSR count). The van der Waals surface area contributed by atoms with Crippen LogP contribution in [0.25, 0.3) is 0 Å². The number of nitrogens with zero attached hydrogens (tertiary/aromatic N) is 4. The number of aliphatic hydroxyl groups excluding tert-OH is 1. The Balaban J connectivity index is 1.44. The van der Waals surface area contributed by atoms with Gasteiger partial charge < -0.3 is 9.67 Å². The van der Waals surface area contributed by atoms with Crippen LogP contribution in [0.2, 0.25) is 0 Å². The highest BCUT2D eigenvalue weighted by Crippen LogP contribution is 2.34. The van der Waals surface area contributed by atoms with Gasteiger partial charge in [-0.2, -0.15) is 8.42 Å². The molecular formula is C22H24BrN5O5S. The number of rotatable bonds is 9. The predicted molar refractivity (Wildman–Crippen MR) is 126 cm³/mol. The minimum atomic E-state index is -4.06. The zero-order chi connectivity index (χ0) is 24.3. The first-order chi connectivity index (χ1) is 16.2. The summed E-state index contributed by atoms with van der Waals surface area (Å²) >= 11 is 3.41. The largest absolute Gasteiger partial charge is 0.393 e. The highest BCUT2D eigenvalue weighted by atomic mass is 79.9. The number of carbonyl (C=O) groups is 1. The summed E-state index contributed by atoms with van der Waals surface area (Å²) in [5.74, 6) is -0.528. The SMILES string of the molecule is NS(=O)(=O)OC[C@H]1C[C@@H](Cc2ncncc2C(=O)c2ccn(Cc3cncc(Br)c3)c2)C[C@@H]1O. The molecule has 10 nitrogen and oxygen atoms in total. The normalized spacial score (nSPS) is 20.5. The first-order valence-corrected chi connectivity index (χ1v) is 12.9. The highest BCUT2D eigenvalue weighted by molar-refractivity contribution is 9.10. The molecule has 3 N–H and O–H groups in total. The summed E-state index contributed by atoms with van der Waals surface area (Å²) in [6.45, 7) is 0.396. The van der Waals surface area contributed by atoms with Crippen molar-refractivity contribution in [2.45, 2.75) is 31.9 Å². The van der Waals surface area contributed by atoms with Crippen molar-refractivity contribution in [1.29, 1.82) is 0 Å². The molecule has 34 heavy (non-hydrogen) atoms. The van der Waals surface area contributed by atoms with Crippen LogP contribution in [0.1, 0.15) is 40.0 Å². The van der Waals surface area contributed by atoms with Crippen molar-refractivity contribution in [3.8, 4) is 0 Å². The summed E-state index contributed by atoms with van der Waals surface area (Å²) in [5, 5.41) is 15.2. The molecule has 3 aromatic rings. The van der Waals surface area contributed by atoms with E-state index in [0.717, 1.165) is 10.0 Å². The molecule has 0 unspecified atom stereocenters. The summed E-state index contributed by atoms with van der Waals surface area (Å²) in [7, 11) is -4.06. The van der Waals surface area contributed by atoms with Gasteiger partial charge in [-0.05, 0) is 58.8 Å². The van der Waals surface area contributed by atoms with Gasteiger partial charge in [-0.3, -0.25) is 14.0 Å². The Morgan fingerprint density at radius 2 is 2.09 bits per heavy atom. The number of carbonyl (C=O) groups excluding carboxylic acids is 1. The van der Waals surface area contributed by atoms with E-state index < -0.39 is 16.4 Å². The van der Waals surface area contributed by atoms with E-state index >= 15 is 0 Å². The summed E-state index contributed by atoms with van der Waals surface area (Å²) in [6.07, 6.45) is 10.7. The average Bonchev–Trinajstić information content (AvgIpc) is 3.38. The predicted octanol–water partition coefficient (Wildman–Crippen LogP) is 1.86. The molecule has 1 aliphatic rings. The molecule has 0 aliphatic heterocycles. The monoisotopic (exact) mass is 549 g/mol. The Kier molecular flexibility index (Phi) is 7.53. The summed E-state index contributed by atoms with van der Waals surface area (Å²) in [4.78, 5) is 25.8. The van der Waals surface area contributed by atoms with E-state index in [9.17, 15) is 18.3 Å². The van der Waals surface area contributed by atoms with Crippen molar-refractivity contribution < 1.29 is 22.5 Å². The maximum Gasteiger partial charge on any atom is 0.333 e. The molecule has 1 fully saturated rings. The summed E-state index contributed by atoms with van der Waals surface area (Å²) < 4.78 is 29.6. The van der Waals surface area contributed by atoms with E-state index in [1.807, 2.05) is 16.8 Å². The number of halogens is 1. The molecule has 3 heterocycles. The van der Waals surface area contributed by atoms with Crippen molar-refractivity contribution in [2.75, 3.05) is 6.61 Å². The van der Waals surface area contributed by atoms with Crippen LogP contribution in [-0.2, 0) is 27.5 Å². The molecule has 12 heteroatoms. The van der Waals surface area contributed by atoms with Crippen LogP contribution in [0.15, 0.2) is 53.9 Å².